The van der Waals surface area contributed by atoms with E-state index in [1.54, 1.807) is 6.07 Å². The minimum Gasteiger partial charge on any atom is -0.268 e. The number of amides is 2. The predicted octanol–water partition coefficient (Wildman–Crippen LogP) is 4.85. The molecule has 0 bridgehead atoms. The number of hydrogen-bond acceptors (Lipinski definition) is 3. The zero-order valence-electron chi connectivity index (χ0n) is 12.1. The fraction of sp³-hybridized carbons (Fsp3) is 0.0588. The van der Waals surface area contributed by atoms with E-state index < -0.39 is 22.8 Å². The van der Waals surface area contributed by atoms with E-state index in [9.17, 15) is 18.4 Å². The van der Waals surface area contributed by atoms with Crippen LogP contribution >= 0.6 is 23.4 Å². The van der Waals surface area contributed by atoms with Crippen LogP contribution in [0.1, 0.15) is 11.1 Å². The molecule has 1 heterocycles. The number of carbonyl (C=O) groups is 2. The zero-order valence-corrected chi connectivity index (χ0v) is 13.7. The summed E-state index contributed by atoms with van der Waals surface area (Å²) >= 11 is 6.66. The van der Waals surface area contributed by atoms with Crippen LogP contribution in [0.15, 0.2) is 47.4 Å². The van der Waals surface area contributed by atoms with Crippen molar-refractivity contribution < 1.29 is 18.4 Å². The van der Waals surface area contributed by atoms with Crippen LogP contribution in [0.3, 0.4) is 0 Å². The van der Waals surface area contributed by atoms with Crippen molar-refractivity contribution in [3.63, 3.8) is 0 Å². The van der Waals surface area contributed by atoms with Gasteiger partial charge in [-0.2, -0.15) is 0 Å². The third-order valence-electron chi connectivity index (χ3n) is 3.41. The first-order valence-corrected chi connectivity index (χ1v) is 8.09. The van der Waals surface area contributed by atoms with Crippen LogP contribution in [0.25, 0.3) is 6.08 Å². The number of imide groups is 1. The highest BCUT2D eigenvalue weighted by Gasteiger charge is 2.35. The highest BCUT2D eigenvalue weighted by Crippen LogP contribution is 2.34. The second-order valence-electron chi connectivity index (χ2n) is 5.03. The van der Waals surface area contributed by atoms with Gasteiger partial charge in [0.05, 0.1) is 11.4 Å². The van der Waals surface area contributed by atoms with E-state index in [0.717, 1.165) is 22.7 Å². The molecule has 3 nitrogen and oxygen atoms in total. The number of carbonyl (C=O) groups excluding carboxylic acids is 2. The molecule has 0 aromatic heterocycles. The van der Waals surface area contributed by atoms with E-state index in [4.69, 9.17) is 11.6 Å². The lowest BCUT2D eigenvalue weighted by Crippen LogP contribution is -2.27. The van der Waals surface area contributed by atoms with Crippen molar-refractivity contribution in [3.05, 3.63) is 75.2 Å². The van der Waals surface area contributed by atoms with Crippen molar-refractivity contribution in [2.24, 2.45) is 0 Å². The number of rotatable bonds is 3. The lowest BCUT2D eigenvalue weighted by atomic mass is 10.2. The maximum absolute atomic E-state index is 13.7. The van der Waals surface area contributed by atoms with Crippen molar-refractivity contribution in [2.45, 2.75) is 6.54 Å². The van der Waals surface area contributed by atoms with E-state index in [1.807, 2.05) is 0 Å². The van der Waals surface area contributed by atoms with Gasteiger partial charge in [0.2, 0.25) is 0 Å². The van der Waals surface area contributed by atoms with E-state index in [2.05, 4.69) is 0 Å². The molecule has 0 aliphatic carbocycles. The average Bonchev–Trinajstić information content (AvgIpc) is 2.79. The van der Waals surface area contributed by atoms with Gasteiger partial charge < -0.3 is 0 Å². The summed E-state index contributed by atoms with van der Waals surface area (Å²) in [6.07, 6.45) is 1.34. The monoisotopic (exact) mass is 365 g/mol. The van der Waals surface area contributed by atoms with Crippen LogP contribution in [0.4, 0.5) is 13.6 Å². The highest BCUT2D eigenvalue weighted by atomic mass is 35.5. The Morgan fingerprint density at radius 3 is 2.58 bits per heavy atom. The number of thioether (sulfide) groups is 1. The maximum Gasteiger partial charge on any atom is 0.293 e. The smallest absolute Gasteiger partial charge is 0.268 e. The van der Waals surface area contributed by atoms with Gasteiger partial charge in [-0.25, -0.2) is 8.78 Å². The molecule has 24 heavy (non-hydrogen) atoms. The van der Waals surface area contributed by atoms with E-state index in [-0.39, 0.29) is 22.0 Å². The first-order valence-electron chi connectivity index (χ1n) is 6.89. The van der Waals surface area contributed by atoms with Crippen molar-refractivity contribution >= 4 is 40.6 Å². The summed E-state index contributed by atoms with van der Waals surface area (Å²) in [7, 11) is 0. The van der Waals surface area contributed by atoms with Crippen molar-refractivity contribution in [1.29, 1.82) is 0 Å². The molecule has 0 saturated carbocycles. The Labute approximate surface area is 145 Å². The van der Waals surface area contributed by atoms with E-state index >= 15 is 0 Å². The maximum atomic E-state index is 13.7. The summed E-state index contributed by atoms with van der Waals surface area (Å²) in [4.78, 5) is 25.6. The third kappa shape index (κ3) is 3.34. The molecule has 0 radical (unpaired) electrons. The summed E-state index contributed by atoms with van der Waals surface area (Å²) in [6, 6.07) is 9.70. The number of halogens is 3. The Hall–Kier alpha value is -2.18. The van der Waals surface area contributed by atoms with Crippen molar-refractivity contribution in [2.75, 3.05) is 0 Å². The molecule has 0 unspecified atom stereocenters. The molecule has 3 rings (SSSR count). The molecule has 0 N–H and O–H groups in total. The molecule has 7 heteroatoms. The zero-order chi connectivity index (χ0) is 17.3. The van der Waals surface area contributed by atoms with Crippen LogP contribution in [-0.4, -0.2) is 16.0 Å². The van der Waals surface area contributed by atoms with Gasteiger partial charge in [0.25, 0.3) is 11.1 Å². The van der Waals surface area contributed by atoms with E-state index in [0.29, 0.717) is 5.56 Å². The number of benzene rings is 2. The molecule has 2 aromatic rings. The molecular weight excluding hydrogens is 356 g/mol. The fourth-order valence-electron chi connectivity index (χ4n) is 2.19. The average molecular weight is 366 g/mol. The topological polar surface area (TPSA) is 37.4 Å². The molecule has 1 saturated heterocycles. The number of nitrogens with zero attached hydrogens (tertiary/aromatic N) is 1. The minimum atomic E-state index is -0.534. The Balaban J connectivity index is 1.85. The van der Waals surface area contributed by atoms with Gasteiger partial charge in [-0.05, 0) is 41.6 Å². The number of hydrogen-bond donors (Lipinski definition) is 0. The summed E-state index contributed by atoms with van der Waals surface area (Å²) < 4.78 is 26.8. The largest absolute Gasteiger partial charge is 0.293 e. The van der Waals surface area contributed by atoms with Gasteiger partial charge in [0, 0.05) is 10.6 Å². The molecule has 1 aliphatic heterocycles. The molecule has 1 fully saturated rings. The molecule has 2 amide bonds. The molecule has 0 spiro atoms. The molecule has 122 valence electrons. The summed E-state index contributed by atoms with van der Waals surface area (Å²) in [5.41, 5.74) is 0.676. The van der Waals surface area contributed by atoms with Gasteiger partial charge in [-0.15, -0.1) is 0 Å². The van der Waals surface area contributed by atoms with Crippen molar-refractivity contribution in [1.82, 2.24) is 4.90 Å². The van der Waals surface area contributed by atoms with Gasteiger partial charge in [-0.1, -0.05) is 35.9 Å². The Bertz CT molecular complexity index is 869. The van der Waals surface area contributed by atoms with Gasteiger partial charge in [0.1, 0.15) is 11.6 Å². The predicted molar refractivity (Wildman–Crippen MR) is 89.3 cm³/mol. The second-order valence-corrected chi connectivity index (χ2v) is 6.43. The fourth-order valence-corrected chi connectivity index (χ4v) is 3.25. The SMILES string of the molecule is O=C1S/C(=C/c2ccccc2F)C(=O)N1Cc1ccc(F)cc1Cl. The van der Waals surface area contributed by atoms with Crippen LogP contribution in [0, 0.1) is 11.6 Å². The second kappa shape index (κ2) is 6.75. The van der Waals surface area contributed by atoms with Crippen LogP contribution in [-0.2, 0) is 11.3 Å². The molecule has 0 atom stereocenters. The summed E-state index contributed by atoms with van der Waals surface area (Å²) in [6.45, 7) is -0.0710. The summed E-state index contributed by atoms with van der Waals surface area (Å²) in [5.74, 6) is -1.52. The minimum absolute atomic E-state index is 0.0710. The Morgan fingerprint density at radius 2 is 1.88 bits per heavy atom. The first kappa shape index (κ1) is 16.7. The van der Waals surface area contributed by atoms with Gasteiger partial charge in [-0.3, -0.25) is 14.5 Å². The van der Waals surface area contributed by atoms with Crippen molar-refractivity contribution in [3.8, 4) is 0 Å². The third-order valence-corrected chi connectivity index (χ3v) is 4.67. The standard InChI is InChI=1S/C17H10ClF2NO2S/c18-13-8-12(19)6-5-11(13)9-21-16(22)15(24-17(21)23)7-10-3-1-2-4-14(10)20/h1-8H,9H2/b15-7+. The van der Waals surface area contributed by atoms with Crippen LogP contribution in [0.5, 0.6) is 0 Å². The van der Waals surface area contributed by atoms with Gasteiger partial charge in [0.15, 0.2) is 0 Å². The van der Waals surface area contributed by atoms with Crippen LogP contribution < -0.4 is 0 Å². The lowest BCUT2D eigenvalue weighted by Gasteiger charge is -2.13. The molecule has 1 aliphatic rings. The molecule has 2 aromatic carbocycles. The highest BCUT2D eigenvalue weighted by molar-refractivity contribution is 8.18. The molecular formula is C17H10ClF2NO2S. The normalized spacial score (nSPS) is 16.3. The van der Waals surface area contributed by atoms with Gasteiger partial charge >= 0.3 is 0 Å². The Morgan fingerprint density at radius 1 is 1.12 bits per heavy atom. The first-order chi connectivity index (χ1) is 11.5. The van der Waals surface area contributed by atoms with E-state index in [1.165, 1.54) is 36.4 Å². The quantitative estimate of drug-likeness (QED) is 0.729. The Kier molecular flexibility index (Phi) is 4.69. The van der Waals surface area contributed by atoms with Crippen LogP contribution in [0.2, 0.25) is 5.02 Å². The summed E-state index contributed by atoms with van der Waals surface area (Å²) in [5, 5.41) is -0.352. The lowest BCUT2D eigenvalue weighted by molar-refractivity contribution is -0.123.